The van der Waals surface area contributed by atoms with E-state index in [0.717, 1.165) is 57.4 Å². The molecule has 1 aromatic rings. The van der Waals surface area contributed by atoms with Crippen LogP contribution >= 0.6 is 0 Å². The Hall–Kier alpha value is -1.88. The van der Waals surface area contributed by atoms with Crippen molar-refractivity contribution in [3.8, 4) is 0 Å². The molecule has 2 amide bonds. The summed E-state index contributed by atoms with van der Waals surface area (Å²) in [6.45, 7) is 2.43. The SMILES string of the molecule is N[C@@H]1CC[C@H](C(=O)N2C[C@H](CCN3CCCC3=O)c3ccccc32)C1. The van der Waals surface area contributed by atoms with Crippen LogP contribution < -0.4 is 10.6 Å². The van der Waals surface area contributed by atoms with Gasteiger partial charge < -0.3 is 15.5 Å². The molecule has 2 heterocycles. The molecular formula is C20H27N3O2. The maximum Gasteiger partial charge on any atom is 0.230 e. The summed E-state index contributed by atoms with van der Waals surface area (Å²) in [5.74, 6) is 0.907. The van der Waals surface area contributed by atoms with E-state index in [1.54, 1.807) is 0 Å². The molecule has 0 spiro atoms. The van der Waals surface area contributed by atoms with E-state index in [0.29, 0.717) is 12.3 Å². The van der Waals surface area contributed by atoms with Crippen molar-refractivity contribution in [3.05, 3.63) is 29.8 Å². The van der Waals surface area contributed by atoms with E-state index in [-0.39, 0.29) is 23.8 Å². The Kier molecular flexibility index (Phi) is 4.50. The maximum absolute atomic E-state index is 13.0. The number of para-hydroxylation sites is 1. The van der Waals surface area contributed by atoms with Crippen LogP contribution in [0.4, 0.5) is 5.69 Å². The van der Waals surface area contributed by atoms with Crippen molar-refractivity contribution in [1.82, 2.24) is 4.90 Å². The first-order valence-electron chi connectivity index (χ1n) is 9.57. The topological polar surface area (TPSA) is 66.6 Å². The van der Waals surface area contributed by atoms with Crippen molar-refractivity contribution >= 4 is 17.5 Å². The third-order valence-electron chi connectivity index (χ3n) is 6.08. The molecule has 1 aromatic carbocycles. The average Bonchev–Trinajstić information content (AvgIpc) is 3.31. The van der Waals surface area contributed by atoms with Crippen molar-refractivity contribution in [2.75, 3.05) is 24.5 Å². The predicted molar refractivity (Wildman–Crippen MR) is 97.3 cm³/mol. The van der Waals surface area contributed by atoms with Gasteiger partial charge in [0.1, 0.15) is 0 Å². The molecule has 2 aliphatic heterocycles. The zero-order valence-electron chi connectivity index (χ0n) is 14.7. The number of hydrogen-bond acceptors (Lipinski definition) is 3. The third kappa shape index (κ3) is 3.17. The summed E-state index contributed by atoms with van der Waals surface area (Å²) in [6, 6.07) is 8.42. The van der Waals surface area contributed by atoms with Crippen LogP contribution in [0.3, 0.4) is 0 Å². The molecule has 3 atom stereocenters. The number of benzene rings is 1. The number of hydrogen-bond donors (Lipinski definition) is 1. The molecule has 0 radical (unpaired) electrons. The van der Waals surface area contributed by atoms with Gasteiger partial charge in [-0.05, 0) is 43.7 Å². The van der Waals surface area contributed by atoms with Gasteiger partial charge in [0.2, 0.25) is 11.8 Å². The van der Waals surface area contributed by atoms with Crippen LogP contribution in [0.2, 0.25) is 0 Å². The fraction of sp³-hybridized carbons (Fsp3) is 0.600. The van der Waals surface area contributed by atoms with Gasteiger partial charge >= 0.3 is 0 Å². The molecule has 0 bridgehead atoms. The summed E-state index contributed by atoms with van der Waals surface area (Å²) in [7, 11) is 0. The van der Waals surface area contributed by atoms with Crippen LogP contribution in [0.5, 0.6) is 0 Å². The molecule has 4 rings (SSSR count). The van der Waals surface area contributed by atoms with Crippen LogP contribution in [-0.4, -0.2) is 42.4 Å². The largest absolute Gasteiger partial charge is 0.343 e. The number of amides is 2. The first-order chi connectivity index (χ1) is 12.1. The summed E-state index contributed by atoms with van der Waals surface area (Å²) >= 11 is 0. The van der Waals surface area contributed by atoms with Crippen LogP contribution in [0, 0.1) is 5.92 Å². The fourth-order valence-electron chi connectivity index (χ4n) is 4.66. The standard InChI is InChI=1S/C20H27N3O2/c21-16-8-7-14(12-16)20(25)23-13-15(17-4-1-2-5-18(17)23)9-11-22-10-3-6-19(22)24/h1-2,4-5,14-16H,3,6-13,21H2/t14-,15-,16+/m0/s1. The van der Waals surface area contributed by atoms with Gasteiger partial charge in [-0.25, -0.2) is 0 Å². The number of carbonyl (C=O) groups is 2. The number of nitrogens with zero attached hydrogens (tertiary/aromatic N) is 2. The van der Waals surface area contributed by atoms with Gasteiger partial charge in [-0.1, -0.05) is 18.2 Å². The minimum Gasteiger partial charge on any atom is -0.343 e. The van der Waals surface area contributed by atoms with Crippen LogP contribution in [0.25, 0.3) is 0 Å². The lowest BCUT2D eigenvalue weighted by atomic mass is 9.98. The van der Waals surface area contributed by atoms with Crippen molar-refractivity contribution in [2.24, 2.45) is 11.7 Å². The van der Waals surface area contributed by atoms with Gasteiger partial charge in [0.15, 0.2) is 0 Å². The van der Waals surface area contributed by atoms with Gasteiger partial charge in [0.25, 0.3) is 0 Å². The van der Waals surface area contributed by atoms with Gasteiger partial charge in [-0.15, -0.1) is 0 Å². The smallest absolute Gasteiger partial charge is 0.230 e. The molecule has 0 unspecified atom stereocenters. The number of likely N-dealkylation sites (tertiary alicyclic amines) is 1. The van der Waals surface area contributed by atoms with Gasteiger partial charge in [-0.3, -0.25) is 9.59 Å². The minimum atomic E-state index is 0.0713. The van der Waals surface area contributed by atoms with Gasteiger partial charge in [0.05, 0.1) is 0 Å². The van der Waals surface area contributed by atoms with Gasteiger partial charge in [-0.2, -0.15) is 0 Å². The Morgan fingerprint density at radius 1 is 1.24 bits per heavy atom. The molecular weight excluding hydrogens is 314 g/mol. The lowest BCUT2D eigenvalue weighted by Crippen LogP contribution is -2.35. The first kappa shape index (κ1) is 16.6. The summed E-state index contributed by atoms with van der Waals surface area (Å²) in [5, 5.41) is 0. The Morgan fingerprint density at radius 2 is 2.08 bits per heavy atom. The number of fused-ring (bicyclic) bond motifs is 1. The fourth-order valence-corrected chi connectivity index (χ4v) is 4.66. The zero-order valence-corrected chi connectivity index (χ0v) is 14.7. The summed E-state index contributed by atoms with van der Waals surface area (Å²) in [5.41, 5.74) is 8.32. The Bertz CT molecular complexity index is 675. The summed E-state index contributed by atoms with van der Waals surface area (Å²) in [6.07, 6.45) is 5.26. The predicted octanol–water partition coefficient (Wildman–Crippen LogP) is 2.26. The van der Waals surface area contributed by atoms with E-state index >= 15 is 0 Å². The average molecular weight is 341 g/mol. The number of anilines is 1. The molecule has 5 heteroatoms. The second-order valence-corrected chi connectivity index (χ2v) is 7.75. The number of carbonyl (C=O) groups excluding carboxylic acids is 2. The van der Waals surface area contributed by atoms with E-state index in [1.165, 1.54) is 5.56 Å². The highest BCUT2D eigenvalue weighted by molar-refractivity contribution is 5.97. The van der Waals surface area contributed by atoms with E-state index in [2.05, 4.69) is 12.1 Å². The third-order valence-corrected chi connectivity index (χ3v) is 6.08. The van der Waals surface area contributed by atoms with Crippen molar-refractivity contribution in [1.29, 1.82) is 0 Å². The van der Waals surface area contributed by atoms with Crippen molar-refractivity contribution in [3.63, 3.8) is 0 Å². The van der Waals surface area contributed by atoms with Crippen LogP contribution in [-0.2, 0) is 9.59 Å². The second kappa shape index (κ2) is 6.79. The number of rotatable bonds is 4. The van der Waals surface area contributed by atoms with Crippen LogP contribution in [0.15, 0.2) is 24.3 Å². The highest BCUT2D eigenvalue weighted by Crippen LogP contribution is 2.40. The zero-order chi connectivity index (χ0) is 17.4. The van der Waals surface area contributed by atoms with E-state index < -0.39 is 0 Å². The molecule has 134 valence electrons. The van der Waals surface area contributed by atoms with Crippen molar-refractivity contribution < 1.29 is 9.59 Å². The summed E-state index contributed by atoms with van der Waals surface area (Å²) < 4.78 is 0. The molecule has 1 saturated heterocycles. The number of nitrogens with two attached hydrogens (primary N) is 1. The van der Waals surface area contributed by atoms with E-state index in [9.17, 15) is 9.59 Å². The lowest BCUT2D eigenvalue weighted by Gasteiger charge is -2.22. The van der Waals surface area contributed by atoms with Crippen LogP contribution in [0.1, 0.15) is 50.0 Å². The molecule has 3 aliphatic rings. The Labute approximate surface area is 149 Å². The molecule has 2 fully saturated rings. The Morgan fingerprint density at radius 3 is 2.80 bits per heavy atom. The Balaban J connectivity index is 1.47. The summed E-state index contributed by atoms with van der Waals surface area (Å²) in [4.78, 5) is 28.8. The quantitative estimate of drug-likeness (QED) is 0.913. The first-order valence-corrected chi connectivity index (χ1v) is 9.57. The molecule has 2 N–H and O–H groups in total. The maximum atomic E-state index is 13.0. The van der Waals surface area contributed by atoms with Gasteiger partial charge in [0, 0.05) is 49.6 Å². The highest BCUT2D eigenvalue weighted by Gasteiger charge is 2.37. The van der Waals surface area contributed by atoms with E-state index in [4.69, 9.17) is 5.73 Å². The lowest BCUT2D eigenvalue weighted by molar-refractivity contribution is -0.127. The molecule has 0 aromatic heterocycles. The minimum absolute atomic E-state index is 0.0713. The molecule has 25 heavy (non-hydrogen) atoms. The molecule has 1 saturated carbocycles. The van der Waals surface area contributed by atoms with E-state index in [1.807, 2.05) is 21.9 Å². The van der Waals surface area contributed by atoms with Crippen molar-refractivity contribution in [2.45, 2.75) is 50.5 Å². The second-order valence-electron chi connectivity index (χ2n) is 7.75. The molecule has 1 aliphatic carbocycles. The highest BCUT2D eigenvalue weighted by atomic mass is 16.2. The molecule has 5 nitrogen and oxygen atoms in total. The monoisotopic (exact) mass is 341 g/mol. The normalized spacial score (nSPS) is 28.7.